The van der Waals surface area contributed by atoms with Gasteiger partial charge in [-0.05, 0) is 60.2 Å². The number of esters is 1. The van der Waals surface area contributed by atoms with Gasteiger partial charge >= 0.3 is 5.97 Å². The Hall–Kier alpha value is -3.04. The van der Waals surface area contributed by atoms with Crippen LogP contribution in [0.1, 0.15) is 50.7 Å². The lowest BCUT2D eigenvalue weighted by Gasteiger charge is -2.40. The van der Waals surface area contributed by atoms with Crippen LogP contribution in [-0.2, 0) is 14.3 Å². The van der Waals surface area contributed by atoms with Crippen LogP contribution in [-0.4, -0.2) is 38.9 Å². The molecule has 0 amide bonds. The zero-order valence-corrected chi connectivity index (χ0v) is 19.4. The van der Waals surface area contributed by atoms with Crippen LogP contribution in [0, 0.1) is 17.2 Å². The van der Waals surface area contributed by atoms with Crippen molar-refractivity contribution in [1.29, 1.82) is 5.26 Å². The Morgan fingerprint density at radius 1 is 1.28 bits per heavy atom. The molecule has 1 aliphatic rings. The van der Waals surface area contributed by atoms with Crippen molar-refractivity contribution in [2.75, 3.05) is 37.1 Å². The molecule has 1 fully saturated rings. The van der Waals surface area contributed by atoms with E-state index in [2.05, 4.69) is 55.3 Å². The number of hydrogen-bond acceptors (Lipinski definition) is 6. The van der Waals surface area contributed by atoms with Crippen LogP contribution in [0.3, 0.4) is 0 Å². The SMILES string of the molecule is CCC(CC(=O)OC)c1ccc(N2CCOC[C@H]2C(C)C)c(Nc2ccc(C#N)cc2)c1. The van der Waals surface area contributed by atoms with Crippen LogP contribution >= 0.6 is 0 Å². The third kappa shape index (κ3) is 5.60. The predicted octanol–water partition coefficient (Wildman–Crippen LogP) is 5.22. The van der Waals surface area contributed by atoms with Crippen molar-refractivity contribution >= 4 is 23.0 Å². The zero-order chi connectivity index (χ0) is 23.1. The summed E-state index contributed by atoms with van der Waals surface area (Å²) in [6.45, 7) is 8.75. The molecule has 1 N–H and O–H groups in total. The highest BCUT2D eigenvalue weighted by Crippen LogP contribution is 2.37. The first-order chi connectivity index (χ1) is 15.5. The molecule has 6 heteroatoms. The molecule has 1 aliphatic heterocycles. The molecule has 0 aromatic heterocycles. The summed E-state index contributed by atoms with van der Waals surface area (Å²) in [5.41, 5.74) is 4.75. The number of nitrogens with zero attached hydrogens (tertiary/aromatic N) is 2. The van der Waals surface area contributed by atoms with Gasteiger partial charge in [-0.15, -0.1) is 0 Å². The van der Waals surface area contributed by atoms with E-state index in [0.29, 0.717) is 31.1 Å². The fraction of sp³-hybridized carbons (Fsp3) is 0.462. The number of benzene rings is 2. The second kappa shape index (κ2) is 11.0. The Balaban J connectivity index is 2.00. The minimum atomic E-state index is -0.199. The number of anilines is 3. The Bertz CT molecular complexity index is 950. The van der Waals surface area contributed by atoms with Crippen LogP contribution in [0.2, 0.25) is 0 Å². The molecule has 2 atom stereocenters. The molecule has 2 aromatic carbocycles. The van der Waals surface area contributed by atoms with E-state index in [-0.39, 0.29) is 17.9 Å². The van der Waals surface area contributed by atoms with E-state index in [1.165, 1.54) is 7.11 Å². The van der Waals surface area contributed by atoms with Gasteiger partial charge in [0.15, 0.2) is 0 Å². The number of hydrogen-bond donors (Lipinski definition) is 1. The maximum Gasteiger partial charge on any atom is 0.306 e. The largest absolute Gasteiger partial charge is 0.469 e. The molecular formula is C26H33N3O3. The zero-order valence-electron chi connectivity index (χ0n) is 19.4. The van der Waals surface area contributed by atoms with Crippen LogP contribution in [0.25, 0.3) is 0 Å². The summed E-state index contributed by atoms with van der Waals surface area (Å²) in [6, 6.07) is 16.3. The Labute approximate surface area is 191 Å². The van der Waals surface area contributed by atoms with Gasteiger partial charge in [-0.1, -0.05) is 26.8 Å². The molecule has 1 saturated heterocycles. The average Bonchev–Trinajstić information content (AvgIpc) is 2.82. The van der Waals surface area contributed by atoms with Gasteiger partial charge in [0, 0.05) is 12.2 Å². The fourth-order valence-corrected chi connectivity index (χ4v) is 4.20. The number of carbonyl (C=O) groups is 1. The van der Waals surface area contributed by atoms with Crippen molar-refractivity contribution in [3.63, 3.8) is 0 Å². The summed E-state index contributed by atoms with van der Waals surface area (Å²) in [5, 5.41) is 12.7. The minimum absolute atomic E-state index is 0.0867. The van der Waals surface area contributed by atoms with Gasteiger partial charge in [-0.3, -0.25) is 4.79 Å². The third-order valence-electron chi connectivity index (χ3n) is 6.16. The first kappa shape index (κ1) is 23.6. The average molecular weight is 436 g/mol. The topological polar surface area (TPSA) is 74.6 Å². The fourth-order valence-electron chi connectivity index (χ4n) is 4.20. The molecule has 32 heavy (non-hydrogen) atoms. The number of carbonyl (C=O) groups excluding carboxylic acids is 1. The minimum Gasteiger partial charge on any atom is -0.469 e. The van der Waals surface area contributed by atoms with Crippen molar-refractivity contribution in [2.45, 2.75) is 45.6 Å². The Kier molecular flexibility index (Phi) is 8.13. The monoisotopic (exact) mass is 435 g/mol. The predicted molar refractivity (Wildman–Crippen MR) is 127 cm³/mol. The molecule has 0 bridgehead atoms. The smallest absolute Gasteiger partial charge is 0.306 e. The van der Waals surface area contributed by atoms with Crippen molar-refractivity contribution in [3.05, 3.63) is 53.6 Å². The molecule has 170 valence electrons. The van der Waals surface area contributed by atoms with Gasteiger partial charge in [0.2, 0.25) is 0 Å². The van der Waals surface area contributed by atoms with Gasteiger partial charge in [0.1, 0.15) is 0 Å². The van der Waals surface area contributed by atoms with Crippen LogP contribution in [0.15, 0.2) is 42.5 Å². The van der Waals surface area contributed by atoms with E-state index in [1.807, 2.05) is 24.3 Å². The van der Waals surface area contributed by atoms with Gasteiger partial charge in [-0.2, -0.15) is 5.26 Å². The highest BCUT2D eigenvalue weighted by Gasteiger charge is 2.28. The molecule has 6 nitrogen and oxygen atoms in total. The summed E-state index contributed by atoms with van der Waals surface area (Å²) in [4.78, 5) is 14.4. The number of rotatable bonds is 8. The van der Waals surface area contributed by atoms with Crippen molar-refractivity contribution in [3.8, 4) is 6.07 Å². The second-order valence-electron chi connectivity index (χ2n) is 8.56. The maximum absolute atomic E-state index is 11.9. The summed E-state index contributed by atoms with van der Waals surface area (Å²) in [6.07, 6.45) is 1.20. The van der Waals surface area contributed by atoms with E-state index in [1.54, 1.807) is 0 Å². The van der Waals surface area contributed by atoms with Gasteiger partial charge in [0.25, 0.3) is 0 Å². The van der Waals surface area contributed by atoms with Crippen molar-refractivity contribution in [2.24, 2.45) is 5.92 Å². The first-order valence-corrected chi connectivity index (χ1v) is 11.3. The Morgan fingerprint density at radius 3 is 2.66 bits per heavy atom. The van der Waals surface area contributed by atoms with E-state index < -0.39 is 0 Å². The normalized spacial score (nSPS) is 17.0. The highest BCUT2D eigenvalue weighted by atomic mass is 16.5. The number of morpholine rings is 1. The summed E-state index contributed by atoms with van der Waals surface area (Å²) in [7, 11) is 1.43. The van der Waals surface area contributed by atoms with E-state index >= 15 is 0 Å². The molecule has 3 rings (SSSR count). The van der Waals surface area contributed by atoms with Crippen LogP contribution in [0.4, 0.5) is 17.1 Å². The summed E-state index contributed by atoms with van der Waals surface area (Å²) in [5.74, 6) is 0.333. The molecule has 0 radical (unpaired) electrons. The molecule has 1 heterocycles. The molecule has 0 spiro atoms. The molecule has 1 unspecified atom stereocenters. The number of methoxy groups -OCH3 is 1. The lowest BCUT2D eigenvalue weighted by atomic mass is 9.92. The molecule has 2 aromatic rings. The van der Waals surface area contributed by atoms with Gasteiger partial charge in [-0.25, -0.2) is 0 Å². The molecule has 0 aliphatic carbocycles. The molecule has 0 saturated carbocycles. The number of ether oxygens (including phenoxy) is 2. The van der Waals surface area contributed by atoms with E-state index in [9.17, 15) is 4.79 Å². The van der Waals surface area contributed by atoms with Crippen molar-refractivity contribution < 1.29 is 14.3 Å². The van der Waals surface area contributed by atoms with E-state index in [4.69, 9.17) is 14.7 Å². The lowest BCUT2D eigenvalue weighted by Crippen LogP contribution is -2.48. The number of nitriles is 1. The maximum atomic E-state index is 11.9. The molecular weight excluding hydrogens is 402 g/mol. The van der Waals surface area contributed by atoms with Gasteiger partial charge in [0.05, 0.1) is 55.8 Å². The van der Waals surface area contributed by atoms with Gasteiger partial charge < -0.3 is 19.7 Å². The third-order valence-corrected chi connectivity index (χ3v) is 6.16. The highest BCUT2D eigenvalue weighted by molar-refractivity contribution is 5.77. The van der Waals surface area contributed by atoms with E-state index in [0.717, 1.165) is 35.6 Å². The summed E-state index contributed by atoms with van der Waals surface area (Å²) < 4.78 is 10.7. The number of nitrogens with one attached hydrogen (secondary N) is 1. The van der Waals surface area contributed by atoms with Crippen LogP contribution in [0.5, 0.6) is 0 Å². The lowest BCUT2D eigenvalue weighted by molar-refractivity contribution is -0.141. The standard InChI is InChI=1S/C26H33N3O3/c1-5-20(15-26(30)31-4)21-8-11-24(29-12-13-32-17-25(29)18(2)3)23(14-21)28-22-9-6-19(16-27)7-10-22/h6-11,14,18,20,25,28H,5,12-13,15,17H2,1-4H3/t20?,25-/m0/s1. The quantitative estimate of drug-likeness (QED) is 0.573. The second-order valence-corrected chi connectivity index (χ2v) is 8.56. The van der Waals surface area contributed by atoms with Crippen molar-refractivity contribution in [1.82, 2.24) is 0 Å². The van der Waals surface area contributed by atoms with Crippen LogP contribution < -0.4 is 10.2 Å². The Morgan fingerprint density at radius 2 is 2.03 bits per heavy atom. The summed E-state index contributed by atoms with van der Waals surface area (Å²) >= 11 is 0. The first-order valence-electron chi connectivity index (χ1n) is 11.3.